The minimum Gasteiger partial charge on any atom is -0.491 e. The molecule has 0 saturated heterocycles. The van der Waals surface area contributed by atoms with E-state index in [1.807, 2.05) is 48.5 Å². The third kappa shape index (κ3) is 2.78. The molecule has 0 fully saturated rings. The van der Waals surface area contributed by atoms with Crippen molar-refractivity contribution in [1.82, 2.24) is 4.98 Å². The van der Waals surface area contributed by atoms with Gasteiger partial charge in [-0.05, 0) is 17.7 Å². The molecule has 0 atom stereocenters. The molecule has 0 radical (unpaired) electrons. The molecule has 0 spiro atoms. The molecule has 21 heavy (non-hydrogen) atoms. The predicted molar refractivity (Wildman–Crippen MR) is 84.1 cm³/mol. The van der Waals surface area contributed by atoms with E-state index in [9.17, 15) is 0 Å². The van der Waals surface area contributed by atoms with E-state index < -0.39 is 0 Å². The minimum absolute atomic E-state index is 0.450. The number of pyridine rings is 1. The van der Waals surface area contributed by atoms with E-state index in [1.165, 1.54) is 0 Å². The number of rotatable bonds is 4. The van der Waals surface area contributed by atoms with Gasteiger partial charge >= 0.3 is 0 Å². The number of fused-ring (bicyclic) bond motifs is 1. The summed E-state index contributed by atoms with van der Waals surface area (Å²) in [5.41, 5.74) is 1.86. The highest BCUT2D eigenvalue weighted by Gasteiger charge is 2.14. The van der Waals surface area contributed by atoms with Crippen molar-refractivity contribution in [3.8, 4) is 11.5 Å². The maximum atomic E-state index is 6.38. The lowest BCUT2D eigenvalue weighted by Crippen LogP contribution is -1.98. The fourth-order valence-corrected chi connectivity index (χ4v) is 2.50. The van der Waals surface area contributed by atoms with Crippen molar-refractivity contribution in [3.05, 3.63) is 65.3 Å². The Morgan fingerprint density at radius 3 is 2.67 bits per heavy atom. The predicted octanol–water partition coefficient (Wildman–Crippen LogP) is 4.48. The molecule has 3 aromatic rings. The van der Waals surface area contributed by atoms with Crippen LogP contribution in [0.25, 0.3) is 10.9 Å². The normalized spacial score (nSPS) is 10.6. The topological polar surface area (TPSA) is 31.4 Å². The number of benzene rings is 2. The molecule has 0 bridgehead atoms. The smallest absolute Gasteiger partial charge is 0.180 e. The first-order valence-electron chi connectivity index (χ1n) is 6.57. The number of hydrogen-bond acceptors (Lipinski definition) is 3. The Bertz CT molecular complexity index is 759. The van der Waals surface area contributed by atoms with Crippen LogP contribution in [0.15, 0.2) is 54.7 Å². The van der Waals surface area contributed by atoms with Crippen LogP contribution in [-0.2, 0) is 6.61 Å². The third-order valence-corrected chi connectivity index (χ3v) is 3.58. The maximum absolute atomic E-state index is 6.38. The highest BCUT2D eigenvalue weighted by molar-refractivity contribution is 6.37. The highest BCUT2D eigenvalue weighted by Crippen LogP contribution is 2.40. The van der Waals surface area contributed by atoms with Crippen molar-refractivity contribution in [1.29, 1.82) is 0 Å². The van der Waals surface area contributed by atoms with Gasteiger partial charge in [0, 0.05) is 17.6 Å². The van der Waals surface area contributed by atoms with E-state index in [2.05, 4.69) is 4.98 Å². The zero-order valence-corrected chi connectivity index (χ0v) is 12.3. The van der Waals surface area contributed by atoms with Crippen molar-refractivity contribution >= 4 is 22.5 Å². The minimum atomic E-state index is 0.450. The van der Waals surface area contributed by atoms with Crippen LogP contribution in [-0.4, -0.2) is 12.1 Å². The van der Waals surface area contributed by atoms with E-state index in [1.54, 1.807) is 13.3 Å². The fourth-order valence-electron chi connectivity index (χ4n) is 2.17. The first kappa shape index (κ1) is 13.7. The first-order valence-corrected chi connectivity index (χ1v) is 6.95. The van der Waals surface area contributed by atoms with Crippen LogP contribution in [0.4, 0.5) is 0 Å². The molecule has 0 saturated carbocycles. The maximum Gasteiger partial charge on any atom is 0.180 e. The van der Waals surface area contributed by atoms with Crippen LogP contribution in [0.3, 0.4) is 0 Å². The van der Waals surface area contributed by atoms with E-state index >= 15 is 0 Å². The summed E-state index contributed by atoms with van der Waals surface area (Å²) < 4.78 is 11.2. The quantitative estimate of drug-likeness (QED) is 0.712. The van der Waals surface area contributed by atoms with Crippen LogP contribution in [0.2, 0.25) is 5.02 Å². The number of halogens is 1. The van der Waals surface area contributed by atoms with Crippen molar-refractivity contribution < 1.29 is 9.47 Å². The number of hydrogen-bond donors (Lipinski definition) is 0. The second-order valence-corrected chi connectivity index (χ2v) is 4.94. The monoisotopic (exact) mass is 299 g/mol. The lowest BCUT2D eigenvalue weighted by atomic mass is 10.2. The summed E-state index contributed by atoms with van der Waals surface area (Å²) in [7, 11) is 1.58. The van der Waals surface area contributed by atoms with Crippen molar-refractivity contribution in [2.45, 2.75) is 6.61 Å². The van der Waals surface area contributed by atoms with Crippen LogP contribution in [0.1, 0.15) is 5.56 Å². The van der Waals surface area contributed by atoms with E-state index in [0.717, 1.165) is 16.5 Å². The van der Waals surface area contributed by atoms with Gasteiger partial charge in [0.15, 0.2) is 11.5 Å². The number of methoxy groups -OCH3 is 1. The number of ether oxygens (including phenoxy) is 2. The molecule has 0 aliphatic heterocycles. The standard InChI is InChI=1S/C17H14ClNO2/c1-20-17-15(21-11-12-6-3-2-4-7-12)10-14-13(16(17)18)8-5-9-19-14/h2-10H,11H2,1H3. The Labute approximate surface area is 128 Å². The van der Waals surface area contributed by atoms with Crippen molar-refractivity contribution in [2.75, 3.05) is 7.11 Å². The molecule has 0 unspecified atom stereocenters. The molecule has 4 heteroatoms. The number of nitrogens with zero attached hydrogens (tertiary/aromatic N) is 1. The Kier molecular flexibility index (Phi) is 3.93. The van der Waals surface area contributed by atoms with Gasteiger partial charge in [0.05, 0.1) is 17.6 Å². The molecule has 0 aliphatic carbocycles. The summed E-state index contributed by atoms with van der Waals surface area (Å²) >= 11 is 6.38. The first-order chi connectivity index (χ1) is 10.3. The van der Waals surface area contributed by atoms with Crippen LogP contribution in [0.5, 0.6) is 11.5 Å². The molecule has 0 aliphatic rings. The van der Waals surface area contributed by atoms with Crippen molar-refractivity contribution in [2.24, 2.45) is 0 Å². The molecular weight excluding hydrogens is 286 g/mol. The molecule has 106 valence electrons. The second-order valence-electron chi connectivity index (χ2n) is 4.57. The lowest BCUT2D eigenvalue weighted by molar-refractivity contribution is 0.285. The average molecular weight is 300 g/mol. The summed E-state index contributed by atoms with van der Waals surface area (Å²) in [6.07, 6.45) is 1.73. The zero-order chi connectivity index (χ0) is 14.7. The van der Waals surface area contributed by atoms with Gasteiger partial charge in [0.25, 0.3) is 0 Å². The van der Waals surface area contributed by atoms with Gasteiger partial charge in [-0.15, -0.1) is 0 Å². The molecule has 0 N–H and O–H groups in total. The van der Waals surface area contributed by atoms with Crippen LogP contribution >= 0.6 is 11.6 Å². The van der Waals surface area contributed by atoms with Gasteiger partial charge in [-0.1, -0.05) is 41.9 Å². The fraction of sp³-hybridized carbons (Fsp3) is 0.118. The summed E-state index contributed by atoms with van der Waals surface area (Å²) in [4.78, 5) is 4.31. The number of aromatic nitrogens is 1. The molecule has 2 aromatic carbocycles. The lowest BCUT2D eigenvalue weighted by Gasteiger charge is -2.13. The molecule has 1 aromatic heterocycles. The average Bonchev–Trinajstić information content (AvgIpc) is 2.54. The zero-order valence-electron chi connectivity index (χ0n) is 11.5. The van der Waals surface area contributed by atoms with Crippen LogP contribution in [0, 0.1) is 0 Å². The van der Waals surface area contributed by atoms with Gasteiger partial charge in [-0.25, -0.2) is 0 Å². The Morgan fingerprint density at radius 1 is 1.10 bits per heavy atom. The SMILES string of the molecule is COc1c(OCc2ccccc2)cc2ncccc2c1Cl. The molecule has 0 amide bonds. The molecular formula is C17H14ClNO2. The Hall–Kier alpha value is -2.26. The van der Waals surface area contributed by atoms with Gasteiger partial charge in [0.1, 0.15) is 6.61 Å². The Morgan fingerprint density at radius 2 is 1.90 bits per heavy atom. The Balaban J connectivity index is 1.97. The summed E-state index contributed by atoms with van der Waals surface area (Å²) in [5.74, 6) is 1.13. The van der Waals surface area contributed by atoms with Gasteiger partial charge < -0.3 is 9.47 Å². The summed E-state index contributed by atoms with van der Waals surface area (Å²) in [6.45, 7) is 0.450. The summed E-state index contributed by atoms with van der Waals surface area (Å²) in [5, 5.41) is 1.37. The van der Waals surface area contributed by atoms with E-state index in [0.29, 0.717) is 23.1 Å². The highest BCUT2D eigenvalue weighted by atomic mass is 35.5. The van der Waals surface area contributed by atoms with Gasteiger partial charge in [-0.2, -0.15) is 0 Å². The summed E-state index contributed by atoms with van der Waals surface area (Å²) in [6, 6.07) is 15.5. The van der Waals surface area contributed by atoms with Crippen LogP contribution < -0.4 is 9.47 Å². The molecule has 3 rings (SSSR count). The third-order valence-electron chi connectivity index (χ3n) is 3.21. The van der Waals surface area contributed by atoms with E-state index in [4.69, 9.17) is 21.1 Å². The van der Waals surface area contributed by atoms with Gasteiger partial charge in [-0.3, -0.25) is 4.98 Å². The van der Waals surface area contributed by atoms with Gasteiger partial charge in [0.2, 0.25) is 0 Å². The van der Waals surface area contributed by atoms with Crippen molar-refractivity contribution in [3.63, 3.8) is 0 Å². The largest absolute Gasteiger partial charge is 0.491 e. The van der Waals surface area contributed by atoms with E-state index in [-0.39, 0.29) is 0 Å². The molecule has 1 heterocycles. The molecule has 3 nitrogen and oxygen atoms in total. The second kappa shape index (κ2) is 6.02.